The predicted octanol–water partition coefficient (Wildman–Crippen LogP) is 3.29. The number of ether oxygens (including phenoxy) is 1. The standard InChI is InChI=1S/C12H12O2.C3H6/c13-12-8-11(9-14-12)7-6-10-4-2-1-3-5-10;1-3-2/h1-5,8H,6-7,9H2;3H,1H2,2H3. The summed E-state index contributed by atoms with van der Waals surface area (Å²) >= 11 is 0. The van der Waals surface area contributed by atoms with E-state index in [9.17, 15) is 4.79 Å². The maximum absolute atomic E-state index is 10.8. The van der Waals surface area contributed by atoms with Crippen LogP contribution in [0, 0.1) is 0 Å². The maximum Gasteiger partial charge on any atom is 0.331 e. The molecule has 0 unspecified atom stereocenters. The highest BCUT2D eigenvalue weighted by Gasteiger charge is 2.11. The SMILES string of the molecule is C=CC.O=C1C=C(CCc2ccccc2)CO1. The summed E-state index contributed by atoms with van der Waals surface area (Å²) in [5.74, 6) is -0.201. The minimum Gasteiger partial charge on any atom is -0.458 e. The van der Waals surface area contributed by atoms with Gasteiger partial charge in [0.1, 0.15) is 6.61 Å². The predicted molar refractivity (Wildman–Crippen MR) is 69.7 cm³/mol. The van der Waals surface area contributed by atoms with Gasteiger partial charge in [0.25, 0.3) is 0 Å². The molecule has 2 rings (SSSR count). The lowest BCUT2D eigenvalue weighted by atomic mass is 10.1. The van der Waals surface area contributed by atoms with Gasteiger partial charge < -0.3 is 4.74 Å². The Morgan fingerprint density at radius 1 is 1.29 bits per heavy atom. The zero-order valence-electron chi connectivity index (χ0n) is 10.2. The van der Waals surface area contributed by atoms with Crippen molar-refractivity contribution in [3.8, 4) is 0 Å². The molecule has 0 aromatic heterocycles. The number of cyclic esters (lactones) is 1. The molecule has 0 fully saturated rings. The fraction of sp³-hybridized carbons (Fsp3) is 0.267. The van der Waals surface area contributed by atoms with Crippen LogP contribution in [-0.2, 0) is 16.0 Å². The number of hydrogen-bond acceptors (Lipinski definition) is 2. The summed E-state index contributed by atoms with van der Waals surface area (Å²) < 4.78 is 4.82. The van der Waals surface area contributed by atoms with Crippen molar-refractivity contribution in [2.75, 3.05) is 6.61 Å². The van der Waals surface area contributed by atoms with Crippen molar-refractivity contribution in [2.45, 2.75) is 19.8 Å². The molecular weight excluding hydrogens is 212 g/mol. The molecule has 90 valence electrons. The molecule has 1 aromatic carbocycles. The molecule has 0 saturated carbocycles. The van der Waals surface area contributed by atoms with Crippen LogP contribution in [0.3, 0.4) is 0 Å². The van der Waals surface area contributed by atoms with Crippen LogP contribution in [0.15, 0.2) is 54.6 Å². The Morgan fingerprint density at radius 2 is 1.94 bits per heavy atom. The minimum atomic E-state index is -0.201. The maximum atomic E-state index is 10.8. The van der Waals surface area contributed by atoms with Crippen LogP contribution < -0.4 is 0 Å². The first-order valence-electron chi connectivity index (χ1n) is 5.73. The van der Waals surface area contributed by atoms with E-state index in [1.807, 2.05) is 25.1 Å². The van der Waals surface area contributed by atoms with Gasteiger partial charge in [0.2, 0.25) is 0 Å². The van der Waals surface area contributed by atoms with E-state index >= 15 is 0 Å². The van der Waals surface area contributed by atoms with E-state index in [2.05, 4.69) is 18.7 Å². The Morgan fingerprint density at radius 3 is 2.47 bits per heavy atom. The number of aryl methyl sites for hydroxylation is 1. The summed E-state index contributed by atoms with van der Waals surface area (Å²) in [5, 5.41) is 0. The Bertz CT molecular complexity index is 391. The van der Waals surface area contributed by atoms with Gasteiger partial charge in [-0.15, -0.1) is 6.58 Å². The molecule has 1 aliphatic rings. The largest absolute Gasteiger partial charge is 0.458 e. The van der Waals surface area contributed by atoms with Gasteiger partial charge in [0.05, 0.1) is 0 Å². The third-order valence-electron chi connectivity index (χ3n) is 2.30. The molecule has 0 spiro atoms. The van der Waals surface area contributed by atoms with Crippen molar-refractivity contribution >= 4 is 5.97 Å². The highest BCUT2D eigenvalue weighted by Crippen LogP contribution is 2.13. The summed E-state index contributed by atoms with van der Waals surface area (Å²) in [6.45, 7) is 5.73. The highest BCUT2D eigenvalue weighted by atomic mass is 16.5. The van der Waals surface area contributed by atoms with Crippen molar-refractivity contribution < 1.29 is 9.53 Å². The first-order chi connectivity index (χ1) is 8.26. The molecule has 1 aliphatic heterocycles. The summed E-state index contributed by atoms with van der Waals surface area (Å²) in [6, 6.07) is 10.3. The van der Waals surface area contributed by atoms with Crippen LogP contribution >= 0.6 is 0 Å². The van der Waals surface area contributed by atoms with Crippen LogP contribution in [0.1, 0.15) is 18.9 Å². The van der Waals surface area contributed by atoms with Gasteiger partial charge in [-0.05, 0) is 30.9 Å². The van der Waals surface area contributed by atoms with E-state index in [1.54, 1.807) is 12.2 Å². The number of allylic oxidation sites excluding steroid dienone is 1. The monoisotopic (exact) mass is 230 g/mol. The zero-order chi connectivity index (χ0) is 12.5. The molecule has 0 bridgehead atoms. The quantitative estimate of drug-likeness (QED) is 0.588. The van der Waals surface area contributed by atoms with Gasteiger partial charge in [-0.3, -0.25) is 0 Å². The molecule has 17 heavy (non-hydrogen) atoms. The molecule has 1 heterocycles. The lowest BCUT2D eigenvalue weighted by molar-refractivity contribution is -0.134. The van der Waals surface area contributed by atoms with E-state index in [0.717, 1.165) is 18.4 Å². The first-order valence-corrected chi connectivity index (χ1v) is 5.73. The van der Waals surface area contributed by atoms with E-state index in [0.29, 0.717) is 6.61 Å². The first kappa shape index (κ1) is 13.2. The van der Waals surface area contributed by atoms with E-state index in [-0.39, 0.29) is 5.97 Å². The number of carbonyl (C=O) groups excluding carboxylic acids is 1. The van der Waals surface area contributed by atoms with Gasteiger partial charge >= 0.3 is 5.97 Å². The highest BCUT2D eigenvalue weighted by molar-refractivity contribution is 5.85. The van der Waals surface area contributed by atoms with Crippen LogP contribution in [0.5, 0.6) is 0 Å². The Kier molecular flexibility index (Phi) is 5.80. The number of hydrogen-bond donors (Lipinski definition) is 0. The van der Waals surface area contributed by atoms with Gasteiger partial charge in [-0.1, -0.05) is 36.4 Å². The Balaban J connectivity index is 0.000000437. The molecule has 0 saturated heterocycles. The molecule has 2 heteroatoms. The summed E-state index contributed by atoms with van der Waals surface area (Å²) in [7, 11) is 0. The van der Waals surface area contributed by atoms with E-state index < -0.39 is 0 Å². The molecule has 0 amide bonds. The second-order valence-electron chi connectivity index (χ2n) is 3.80. The van der Waals surface area contributed by atoms with Gasteiger partial charge in [-0.2, -0.15) is 0 Å². The number of esters is 1. The van der Waals surface area contributed by atoms with Crippen LogP contribution in [0.4, 0.5) is 0 Å². The molecule has 0 N–H and O–H groups in total. The number of benzene rings is 1. The normalized spacial score (nSPS) is 13.2. The summed E-state index contributed by atoms with van der Waals surface area (Å²) in [4.78, 5) is 10.8. The zero-order valence-corrected chi connectivity index (χ0v) is 10.2. The fourth-order valence-electron chi connectivity index (χ4n) is 1.51. The van der Waals surface area contributed by atoms with Crippen LogP contribution in [0.25, 0.3) is 0 Å². The van der Waals surface area contributed by atoms with Crippen LogP contribution in [-0.4, -0.2) is 12.6 Å². The molecule has 2 nitrogen and oxygen atoms in total. The summed E-state index contributed by atoms with van der Waals surface area (Å²) in [6.07, 6.45) is 5.24. The third kappa shape index (κ3) is 5.16. The van der Waals surface area contributed by atoms with Crippen molar-refractivity contribution in [2.24, 2.45) is 0 Å². The topological polar surface area (TPSA) is 26.3 Å². The second-order valence-corrected chi connectivity index (χ2v) is 3.80. The van der Waals surface area contributed by atoms with E-state index in [4.69, 9.17) is 4.74 Å². The molecule has 1 aromatic rings. The molecule has 0 atom stereocenters. The van der Waals surface area contributed by atoms with Crippen LogP contribution in [0.2, 0.25) is 0 Å². The Hall–Kier alpha value is -1.83. The van der Waals surface area contributed by atoms with Gasteiger partial charge in [0, 0.05) is 6.08 Å². The van der Waals surface area contributed by atoms with E-state index in [1.165, 1.54) is 5.56 Å². The van der Waals surface area contributed by atoms with Gasteiger partial charge in [0.15, 0.2) is 0 Å². The van der Waals surface area contributed by atoms with Crippen molar-refractivity contribution in [3.05, 3.63) is 60.2 Å². The molecular formula is C15H18O2. The second kappa shape index (κ2) is 7.44. The molecule has 0 aliphatic carbocycles. The van der Waals surface area contributed by atoms with Crippen molar-refractivity contribution in [1.29, 1.82) is 0 Å². The third-order valence-corrected chi connectivity index (χ3v) is 2.30. The molecule has 0 radical (unpaired) electrons. The lowest BCUT2D eigenvalue weighted by Gasteiger charge is -2.00. The smallest absolute Gasteiger partial charge is 0.331 e. The average molecular weight is 230 g/mol. The van der Waals surface area contributed by atoms with Gasteiger partial charge in [-0.25, -0.2) is 4.79 Å². The van der Waals surface area contributed by atoms with Crippen molar-refractivity contribution in [1.82, 2.24) is 0 Å². The summed E-state index contributed by atoms with van der Waals surface area (Å²) in [5.41, 5.74) is 2.40. The lowest BCUT2D eigenvalue weighted by Crippen LogP contribution is -1.93. The fourth-order valence-corrected chi connectivity index (χ4v) is 1.51. The average Bonchev–Trinajstić information content (AvgIpc) is 2.75. The number of carbonyl (C=O) groups is 1. The number of rotatable bonds is 3. The van der Waals surface area contributed by atoms with Crippen molar-refractivity contribution in [3.63, 3.8) is 0 Å². The Labute approximate surface area is 103 Å². The minimum absolute atomic E-state index is 0.201.